The minimum Gasteiger partial charge on any atom is -0.508 e. The van der Waals surface area contributed by atoms with Crippen molar-refractivity contribution in [2.75, 3.05) is 13.2 Å². The van der Waals surface area contributed by atoms with Crippen LogP contribution in [0.3, 0.4) is 0 Å². The lowest BCUT2D eigenvalue weighted by molar-refractivity contribution is 0.0678. The van der Waals surface area contributed by atoms with Crippen LogP contribution in [0.5, 0.6) is 5.75 Å². The Morgan fingerprint density at radius 3 is 2.72 bits per heavy atom. The van der Waals surface area contributed by atoms with Gasteiger partial charge in [-0.1, -0.05) is 30.3 Å². The van der Waals surface area contributed by atoms with Crippen LogP contribution < -0.4 is 0 Å². The maximum absolute atomic E-state index is 10.2. The second kappa shape index (κ2) is 7.30. The van der Waals surface area contributed by atoms with Crippen LogP contribution in [0.25, 0.3) is 10.9 Å². The summed E-state index contributed by atoms with van der Waals surface area (Å²) in [5.41, 5.74) is 3.42. The highest BCUT2D eigenvalue weighted by Gasteiger charge is 2.20. The van der Waals surface area contributed by atoms with Gasteiger partial charge < -0.3 is 14.8 Å². The molecule has 4 nitrogen and oxygen atoms in total. The van der Waals surface area contributed by atoms with E-state index in [0.29, 0.717) is 12.3 Å². The Hall–Kier alpha value is -2.30. The summed E-state index contributed by atoms with van der Waals surface area (Å²) in [6.45, 7) is 3.30. The highest BCUT2D eigenvalue weighted by molar-refractivity contribution is 5.82. The van der Waals surface area contributed by atoms with Crippen LogP contribution in [0.1, 0.15) is 24.0 Å². The fourth-order valence-electron chi connectivity index (χ4n) is 3.68. The fourth-order valence-corrected chi connectivity index (χ4v) is 3.68. The number of para-hydroxylation sites is 1. The summed E-state index contributed by atoms with van der Waals surface area (Å²) >= 11 is 0. The summed E-state index contributed by atoms with van der Waals surface area (Å²) in [4.78, 5) is 5.66. The molecule has 1 aliphatic heterocycles. The normalized spacial score (nSPS) is 17.6. The molecule has 4 heteroatoms. The molecule has 4 rings (SSSR count). The third kappa shape index (κ3) is 3.70. The Labute approximate surface area is 148 Å². The van der Waals surface area contributed by atoms with Gasteiger partial charge in [0.25, 0.3) is 0 Å². The molecule has 2 aromatic carbocycles. The first kappa shape index (κ1) is 16.2. The van der Waals surface area contributed by atoms with Crippen LogP contribution in [0, 0.1) is 0 Å². The molecule has 2 N–H and O–H groups in total. The number of nitrogens with zero attached hydrogens (tertiary/aromatic N) is 1. The van der Waals surface area contributed by atoms with E-state index in [0.717, 1.165) is 43.6 Å². The van der Waals surface area contributed by atoms with Crippen molar-refractivity contribution in [3.05, 3.63) is 65.9 Å². The molecule has 0 radical (unpaired) electrons. The number of hydrogen-bond donors (Lipinski definition) is 2. The van der Waals surface area contributed by atoms with E-state index >= 15 is 0 Å². The first-order valence-electron chi connectivity index (χ1n) is 8.95. The third-order valence-corrected chi connectivity index (χ3v) is 4.95. The molecule has 130 valence electrons. The van der Waals surface area contributed by atoms with Gasteiger partial charge >= 0.3 is 0 Å². The lowest BCUT2D eigenvalue weighted by atomic mass is 10.1. The molecule has 1 saturated heterocycles. The number of rotatable bonds is 6. The first-order valence-corrected chi connectivity index (χ1v) is 8.95. The van der Waals surface area contributed by atoms with Gasteiger partial charge in [-0.3, -0.25) is 4.90 Å². The predicted molar refractivity (Wildman–Crippen MR) is 99.5 cm³/mol. The van der Waals surface area contributed by atoms with Gasteiger partial charge in [0, 0.05) is 48.9 Å². The Morgan fingerprint density at radius 1 is 1.04 bits per heavy atom. The minimum atomic E-state index is 0.288. The number of ether oxygens (including phenoxy) is 1. The first-order chi connectivity index (χ1) is 12.3. The molecule has 0 amide bonds. The van der Waals surface area contributed by atoms with Crippen molar-refractivity contribution in [2.24, 2.45) is 0 Å². The average Bonchev–Trinajstić information content (AvgIpc) is 3.28. The van der Waals surface area contributed by atoms with Gasteiger partial charge in [0.1, 0.15) is 5.75 Å². The predicted octanol–water partition coefficient (Wildman–Crippen LogP) is 4.05. The van der Waals surface area contributed by atoms with Gasteiger partial charge in [-0.05, 0) is 36.6 Å². The number of phenolic OH excluding ortho intramolecular Hbond substituents is 1. The molecule has 1 aromatic heterocycles. The molecule has 3 aromatic rings. The Balaban J connectivity index is 1.58. The van der Waals surface area contributed by atoms with E-state index in [1.54, 1.807) is 6.07 Å². The van der Waals surface area contributed by atoms with E-state index in [1.165, 1.54) is 10.9 Å². The van der Waals surface area contributed by atoms with E-state index in [4.69, 9.17) is 4.74 Å². The van der Waals surface area contributed by atoms with Crippen molar-refractivity contribution in [2.45, 2.75) is 32.0 Å². The number of hydrogen-bond acceptors (Lipinski definition) is 3. The zero-order valence-electron chi connectivity index (χ0n) is 14.3. The molecule has 1 atom stereocenters. The van der Waals surface area contributed by atoms with Gasteiger partial charge in [-0.2, -0.15) is 0 Å². The van der Waals surface area contributed by atoms with Gasteiger partial charge in [-0.15, -0.1) is 0 Å². The highest BCUT2D eigenvalue weighted by Crippen LogP contribution is 2.24. The molecule has 1 unspecified atom stereocenters. The molecule has 0 aliphatic carbocycles. The molecule has 0 saturated carbocycles. The smallest absolute Gasteiger partial charge is 0.120 e. The van der Waals surface area contributed by atoms with Crippen LogP contribution in [0.4, 0.5) is 0 Å². The van der Waals surface area contributed by atoms with E-state index in [2.05, 4.69) is 34.1 Å². The van der Waals surface area contributed by atoms with Gasteiger partial charge in [0.05, 0.1) is 6.10 Å². The van der Waals surface area contributed by atoms with Gasteiger partial charge in [-0.25, -0.2) is 0 Å². The summed E-state index contributed by atoms with van der Waals surface area (Å²) in [6, 6.07) is 16.1. The van der Waals surface area contributed by atoms with Crippen LogP contribution >= 0.6 is 0 Å². The number of H-pyrrole nitrogens is 1. The number of benzene rings is 2. The molecule has 0 bridgehead atoms. The minimum absolute atomic E-state index is 0.288. The summed E-state index contributed by atoms with van der Waals surface area (Å²) in [6.07, 6.45) is 4.53. The zero-order valence-corrected chi connectivity index (χ0v) is 14.3. The number of phenols is 1. The Bertz CT molecular complexity index is 837. The summed E-state index contributed by atoms with van der Waals surface area (Å²) in [5.74, 6) is 0.361. The maximum atomic E-state index is 10.2. The summed E-state index contributed by atoms with van der Waals surface area (Å²) in [7, 11) is 0. The standard InChI is InChI=1S/C21H24N2O2/c24-21-9-2-1-5-17(21)14-23(15-18-7-4-12-25-18)13-16-6-3-8-20-19(16)10-11-22-20/h1-3,5-6,8-11,18,22,24H,4,7,12-15H2. The average molecular weight is 336 g/mol. The quantitative estimate of drug-likeness (QED) is 0.714. The monoisotopic (exact) mass is 336 g/mol. The number of aromatic hydroxyl groups is 1. The van der Waals surface area contributed by atoms with Crippen LogP contribution in [0.15, 0.2) is 54.7 Å². The zero-order chi connectivity index (χ0) is 17.1. The van der Waals surface area contributed by atoms with Crippen molar-refractivity contribution in [1.82, 2.24) is 9.88 Å². The molecular weight excluding hydrogens is 312 g/mol. The van der Waals surface area contributed by atoms with E-state index < -0.39 is 0 Å². The third-order valence-electron chi connectivity index (χ3n) is 4.95. The number of aromatic nitrogens is 1. The lowest BCUT2D eigenvalue weighted by Crippen LogP contribution is -2.31. The topological polar surface area (TPSA) is 48.5 Å². The highest BCUT2D eigenvalue weighted by atomic mass is 16.5. The van der Waals surface area contributed by atoms with Crippen molar-refractivity contribution in [3.8, 4) is 5.75 Å². The largest absolute Gasteiger partial charge is 0.508 e. The number of aromatic amines is 1. The van der Waals surface area contributed by atoms with Crippen molar-refractivity contribution in [1.29, 1.82) is 0 Å². The van der Waals surface area contributed by atoms with Gasteiger partial charge in [0.15, 0.2) is 0 Å². The number of nitrogens with one attached hydrogen (secondary N) is 1. The van der Waals surface area contributed by atoms with E-state index in [1.807, 2.05) is 24.4 Å². The second-order valence-electron chi connectivity index (χ2n) is 6.79. The fraction of sp³-hybridized carbons (Fsp3) is 0.333. The number of fused-ring (bicyclic) bond motifs is 1. The maximum Gasteiger partial charge on any atom is 0.120 e. The summed E-state index contributed by atoms with van der Waals surface area (Å²) < 4.78 is 5.85. The summed E-state index contributed by atoms with van der Waals surface area (Å²) in [5, 5.41) is 11.4. The van der Waals surface area contributed by atoms with E-state index in [9.17, 15) is 5.11 Å². The Morgan fingerprint density at radius 2 is 1.88 bits per heavy atom. The van der Waals surface area contributed by atoms with Crippen LogP contribution in [0.2, 0.25) is 0 Å². The SMILES string of the molecule is Oc1ccccc1CN(Cc1cccc2[nH]ccc12)CC1CCCO1. The van der Waals surface area contributed by atoms with Crippen molar-refractivity contribution < 1.29 is 9.84 Å². The molecule has 1 fully saturated rings. The van der Waals surface area contributed by atoms with Crippen LogP contribution in [-0.2, 0) is 17.8 Å². The molecule has 1 aliphatic rings. The van der Waals surface area contributed by atoms with E-state index in [-0.39, 0.29) is 6.10 Å². The molecule has 25 heavy (non-hydrogen) atoms. The molecular formula is C21H24N2O2. The van der Waals surface area contributed by atoms with Crippen molar-refractivity contribution in [3.63, 3.8) is 0 Å². The van der Waals surface area contributed by atoms with Crippen LogP contribution in [-0.4, -0.2) is 34.2 Å². The van der Waals surface area contributed by atoms with Gasteiger partial charge in [0.2, 0.25) is 0 Å². The lowest BCUT2D eigenvalue weighted by Gasteiger charge is -2.26. The van der Waals surface area contributed by atoms with Crippen molar-refractivity contribution >= 4 is 10.9 Å². The Kier molecular flexibility index (Phi) is 4.72. The second-order valence-corrected chi connectivity index (χ2v) is 6.79. The molecule has 2 heterocycles. The molecule has 0 spiro atoms.